The molecule has 0 saturated heterocycles. The Labute approximate surface area is 194 Å². The van der Waals surface area contributed by atoms with Crippen LogP contribution in [0.4, 0.5) is 5.82 Å². The second-order valence-electron chi connectivity index (χ2n) is 7.07. The molecule has 2 atom stereocenters. The highest BCUT2D eigenvalue weighted by molar-refractivity contribution is 8.13. The standard InChI is InChI=1S/C18H26N5O6PS2/c1-12(24)31-7-5-27-30(26,28-6-8-32-13(2)25)29-15-4-3-14(9-15)23-11-22-16-17(19)20-10-21-18(16)23/h10-11,14-15H,3-9H2,1-2H3,(H2,19,20,21). The van der Waals surface area contributed by atoms with Crippen molar-refractivity contribution in [3.63, 3.8) is 0 Å². The number of fused-ring (bicyclic) bond motifs is 1. The smallest absolute Gasteiger partial charge is 0.382 e. The van der Waals surface area contributed by atoms with Crippen molar-refractivity contribution in [1.82, 2.24) is 19.5 Å². The van der Waals surface area contributed by atoms with E-state index in [2.05, 4.69) is 15.0 Å². The first-order chi connectivity index (χ1) is 15.3. The highest BCUT2D eigenvalue weighted by Crippen LogP contribution is 2.53. The van der Waals surface area contributed by atoms with Crippen LogP contribution in [-0.2, 0) is 27.7 Å². The molecule has 1 aliphatic rings. The first kappa shape index (κ1) is 25.1. The molecule has 11 nitrogen and oxygen atoms in total. The van der Waals surface area contributed by atoms with Crippen molar-refractivity contribution in [2.24, 2.45) is 0 Å². The molecule has 14 heteroatoms. The van der Waals surface area contributed by atoms with Gasteiger partial charge in [0.2, 0.25) is 0 Å². The number of hydrogen-bond donors (Lipinski definition) is 1. The van der Waals surface area contributed by atoms with E-state index in [4.69, 9.17) is 19.3 Å². The number of anilines is 1. The molecule has 2 heterocycles. The summed E-state index contributed by atoms with van der Waals surface area (Å²) < 4.78 is 31.8. The molecule has 1 aliphatic carbocycles. The first-order valence-corrected chi connectivity index (χ1v) is 13.5. The average Bonchev–Trinajstić information content (AvgIpc) is 3.36. The van der Waals surface area contributed by atoms with Crippen LogP contribution in [0.2, 0.25) is 0 Å². The van der Waals surface area contributed by atoms with Gasteiger partial charge in [0.25, 0.3) is 0 Å². The molecule has 0 aromatic carbocycles. The number of nitrogens with zero attached hydrogens (tertiary/aromatic N) is 4. The van der Waals surface area contributed by atoms with Crippen LogP contribution in [0.5, 0.6) is 0 Å². The van der Waals surface area contributed by atoms with Gasteiger partial charge in [0.1, 0.15) is 11.8 Å². The number of phosphoric acid groups is 1. The van der Waals surface area contributed by atoms with Gasteiger partial charge in [-0.3, -0.25) is 23.2 Å². The number of aromatic nitrogens is 4. The van der Waals surface area contributed by atoms with Gasteiger partial charge < -0.3 is 10.3 Å². The van der Waals surface area contributed by atoms with Crippen molar-refractivity contribution in [2.75, 3.05) is 30.5 Å². The molecule has 0 spiro atoms. The third kappa shape index (κ3) is 7.00. The third-order valence-corrected chi connectivity index (χ3v) is 7.80. The molecule has 1 saturated carbocycles. The Bertz CT molecular complexity index is 979. The average molecular weight is 504 g/mol. The summed E-state index contributed by atoms with van der Waals surface area (Å²) >= 11 is 2.14. The lowest BCUT2D eigenvalue weighted by Gasteiger charge is -2.21. The number of phosphoric ester groups is 1. The zero-order chi connectivity index (χ0) is 23.1. The minimum atomic E-state index is -3.87. The van der Waals surface area contributed by atoms with Crippen molar-refractivity contribution in [3.8, 4) is 0 Å². The molecule has 0 radical (unpaired) electrons. The molecule has 0 amide bonds. The number of nitrogens with two attached hydrogens (primary N) is 1. The Kier molecular flexibility index (Phi) is 9.09. The maximum atomic E-state index is 13.2. The Hall–Kier alpha value is -1.50. The highest BCUT2D eigenvalue weighted by atomic mass is 32.2. The lowest BCUT2D eigenvalue weighted by atomic mass is 10.2. The number of thioether (sulfide) groups is 2. The summed E-state index contributed by atoms with van der Waals surface area (Å²) in [5.74, 6) is 0.991. The molecular weight excluding hydrogens is 477 g/mol. The van der Waals surface area contributed by atoms with Gasteiger partial charge in [-0.1, -0.05) is 23.5 Å². The van der Waals surface area contributed by atoms with Gasteiger partial charge in [-0.15, -0.1) is 0 Å². The normalized spacial score (nSPS) is 18.9. The Balaban J connectivity index is 1.61. The fraction of sp³-hybridized carbons (Fsp3) is 0.611. The summed E-state index contributed by atoms with van der Waals surface area (Å²) in [4.78, 5) is 34.7. The van der Waals surface area contributed by atoms with Gasteiger partial charge in [-0.25, -0.2) is 19.5 Å². The predicted molar refractivity (Wildman–Crippen MR) is 123 cm³/mol. The van der Waals surface area contributed by atoms with E-state index < -0.39 is 7.82 Å². The van der Waals surface area contributed by atoms with Crippen LogP contribution in [0.15, 0.2) is 12.7 Å². The van der Waals surface area contributed by atoms with Crippen LogP contribution in [0.3, 0.4) is 0 Å². The molecule has 32 heavy (non-hydrogen) atoms. The number of nitrogen functional groups attached to an aromatic ring is 1. The van der Waals surface area contributed by atoms with E-state index in [9.17, 15) is 14.2 Å². The minimum absolute atomic E-state index is 0.0364. The summed E-state index contributed by atoms with van der Waals surface area (Å²) in [7, 11) is -3.87. The van der Waals surface area contributed by atoms with Crippen molar-refractivity contribution >= 4 is 58.6 Å². The number of rotatable bonds is 11. The first-order valence-electron chi connectivity index (χ1n) is 10.0. The van der Waals surface area contributed by atoms with Gasteiger partial charge in [0.05, 0.1) is 25.6 Å². The molecule has 0 bridgehead atoms. The fourth-order valence-electron chi connectivity index (χ4n) is 3.35. The van der Waals surface area contributed by atoms with E-state index in [1.165, 1.54) is 20.2 Å². The van der Waals surface area contributed by atoms with E-state index in [1.807, 2.05) is 4.57 Å². The third-order valence-electron chi connectivity index (χ3n) is 4.69. The quantitative estimate of drug-likeness (QED) is 0.354. The maximum absolute atomic E-state index is 13.2. The monoisotopic (exact) mass is 503 g/mol. The second-order valence-corrected chi connectivity index (χ2v) is 11.2. The SMILES string of the molecule is CC(=O)SCCOP(=O)(OCCSC(C)=O)OC1CCC(n2cnc3c(N)ncnc32)C1. The van der Waals surface area contributed by atoms with Crippen LogP contribution >= 0.6 is 31.3 Å². The lowest BCUT2D eigenvalue weighted by molar-refractivity contribution is -0.109. The van der Waals surface area contributed by atoms with Crippen molar-refractivity contribution in [3.05, 3.63) is 12.7 Å². The second kappa shape index (κ2) is 11.6. The van der Waals surface area contributed by atoms with Crippen LogP contribution in [0.25, 0.3) is 11.2 Å². The fourth-order valence-corrected chi connectivity index (χ4v) is 5.89. The minimum Gasteiger partial charge on any atom is -0.382 e. The highest BCUT2D eigenvalue weighted by Gasteiger charge is 2.36. The van der Waals surface area contributed by atoms with Crippen LogP contribution < -0.4 is 5.73 Å². The van der Waals surface area contributed by atoms with Crippen LogP contribution in [-0.4, -0.2) is 60.6 Å². The van der Waals surface area contributed by atoms with Gasteiger partial charge in [0.15, 0.2) is 21.7 Å². The van der Waals surface area contributed by atoms with E-state index in [1.54, 1.807) is 6.33 Å². The number of carbonyl (C=O) groups is 2. The summed E-state index contributed by atoms with van der Waals surface area (Å²) in [5.41, 5.74) is 7.05. The Morgan fingerprint density at radius 2 is 1.78 bits per heavy atom. The van der Waals surface area contributed by atoms with Gasteiger partial charge in [0, 0.05) is 31.4 Å². The molecule has 2 aromatic heterocycles. The van der Waals surface area contributed by atoms with Crippen molar-refractivity contribution in [2.45, 2.75) is 45.3 Å². The molecule has 2 aromatic rings. The van der Waals surface area contributed by atoms with Gasteiger partial charge in [-0.2, -0.15) is 0 Å². The molecule has 2 N–H and O–H groups in total. The molecule has 2 unspecified atom stereocenters. The summed E-state index contributed by atoms with van der Waals surface area (Å²) in [6.07, 6.45) is 4.69. The number of carbonyl (C=O) groups excluding carboxylic acids is 2. The molecule has 1 fully saturated rings. The Morgan fingerprint density at radius 3 is 2.41 bits per heavy atom. The number of imidazole rings is 1. The summed E-state index contributed by atoms with van der Waals surface area (Å²) in [5, 5.41) is -0.113. The molecule has 0 aliphatic heterocycles. The molecular formula is C18H26N5O6PS2. The van der Waals surface area contributed by atoms with E-state index in [0.717, 1.165) is 29.9 Å². The zero-order valence-corrected chi connectivity index (χ0v) is 20.4. The van der Waals surface area contributed by atoms with E-state index >= 15 is 0 Å². The number of hydrogen-bond acceptors (Lipinski definition) is 12. The van der Waals surface area contributed by atoms with Crippen molar-refractivity contribution in [1.29, 1.82) is 0 Å². The zero-order valence-electron chi connectivity index (χ0n) is 17.8. The van der Waals surface area contributed by atoms with E-state index in [0.29, 0.717) is 41.3 Å². The summed E-state index contributed by atoms with van der Waals surface area (Å²) in [6.45, 7) is 2.99. The van der Waals surface area contributed by atoms with Crippen molar-refractivity contribution < 1.29 is 27.7 Å². The Morgan fingerprint density at radius 1 is 1.12 bits per heavy atom. The summed E-state index contributed by atoms with van der Waals surface area (Å²) in [6, 6.07) is 0.0364. The van der Waals surface area contributed by atoms with Crippen LogP contribution in [0.1, 0.15) is 39.2 Å². The largest absolute Gasteiger partial charge is 0.475 e. The molecule has 176 valence electrons. The maximum Gasteiger partial charge on any atom is 0.475 e. The van der Waals surface area contributed by atoms with Crippen LogP contribution in [0, 0.1) is 0 Å². The van der Waals surface area contributed by atoms with Gasteiger partial charge >= 0.3 is 7.82 Å². The molecule has 3 rings (SSSR count). The topological polar surface area (TPSA) is 149 Å². The van der Waals surface area contributed by atoms with Gasteiger partial charge in [-0.05, 0) is 19.3 Å². The predicted octanol–water partition coefficient (Wildman–Crippen LogP) is 3.22. The van der Waals surface area contributed by atoms with E-state index in [-0.39, 0.29) is 35.6 Å². The lowest BCUT2D eigenvalue weighted by Crippen LogP contribution is -2.13.